The van der Waals surface area contributed by atoms with Crippen LogP contribution >= 0.6 is 11.6 Å². The summed E-state index contributed by atoms with van der Waals surface area (Å²) in [7, 11) is 1.90. The van der Waals surface area contributed by atoms with Gasteiger partial charge in [0.25, 0.3) is 0 Å². The van der Waals surface area contributed by atoms with Crippen LogP contribution in [0, 0.1) is 0 Å². The van der Waals surface area contributed by atoms with Crippen LogP contribution in [0.2, 0.25) is 5.02 Å². The van der Waals surface area contributed by atoms with Crippen molar-refractivity contribution < 1.29 is 5.11 Å². The monoisotopic (exact) mass is 263 g/mol. The third kappa shape index (κ3) is 2.97. The van der Waals surface area contributed by atoms with E-state index < -0.39 is 0 Å². The number of nitrogens with zero attached hydrogens (tertiary/aromatic N) is 3. The zero-order valence-corrected chi connectivity index (χ0v) is 10.8. The molecule has 2 aromatic rings. The highest BCUT2D eigenvalue weighted by molar-refractivity contribution is 6.33. The molecule has 0 amide bonds. The third-order valence-electron chi connectivity index (χ3n) is 2.55. The molecule has 2 rings (SSSR count). The number of rotatable bonds is 4. The number of anilines is 1. The van der Waals surface area contributed by atoms with Crippen LogP contribution in [-0.4, -0.2) is 22.1 Å². The zero-order chi connectivity index (χ0) is 13.0. The van der Waals surface area contributed by atoms with Crippen molar-refractivity contribution in [1.29, 1.82) is 0 Å². The van der Waals surface area contributed by atoms with Crippen LogP contribution in [0.3, 0.4) is 0 Å². The number of aromatic nitrogens is 2. The van der Waals surface area contributed by atoms with Crippen LogP contribution in [0.15, 0.2) is 36.7 Å². The number of pyridine rings is 2. The summed E-state index contributed by atoms with van der Waals surface area (Å²) in [4.78, 5) is 10.4. The second-order valence-electron chi connectivity index (χ2n) is 3.98. The zero-order valence-electron chi connectivity index (χ0n) is 10.0. The van der Waals surface area contributed by atoms with Crippen molar-refractivity contribution in [3.63, 3.8) is 0 Å². The second kappa shape index (κ2) is 5.80. The standard InChI is InChI=1S/C13H14ClN3O/c1-17(8-11-4-2-3-5-15-11)13-12(14)6-10(9-18)7-16-13/h2-7,18H,8-9H2,1H3. The Kier molecular flexibility index (Phi) is 4.12. The fourth-order valence-corrected chi connectivity index (χ4v) is 1.98. The highest BCUT2D eigenvalue weighted by Gasteiger charge is 2.09. The van der Waals surface area contributed by atoms with Gasteiger partial charge < -0.3 is 10.0 Å². The van der Waals surface area contributed by atoms with Gasteiger partial charge in [-0.25, -0.2) is 4.98 Å². The maximum Gasteiger partial charge on any atom is 0.147 e. The minimum absolute atomic E-state index is 0.0586. The van der Waals surface area contributed by atoms with Crippen LogP contribution in [0.4, 0.5) is 5.82 Å². The lowest BCUT2D eigenvalue weighted by atomic mass is 10.3. The summed E-state index contributed by atoms with van der Waals surface area (Å²) in [6.07, 6.45) is 3.38. The van der Waals surface area contributed by atoms with E-state index in [9.17, 15) is 0 Å². The first kappa shape index (κ1) is 12.8. The van der Waals surface area contributed by atoms with Gasteiger partial charge in [-0.2, -0.15) is 0 Å². The minimum atomic E-state index is -0.0586. The first-order valence-electron chi connectivity index (χ1n) is 5.57. The van der Waals surface area contributed by atoms with Crippen molar-refractivity contribution in [2.45, 2.75) is 13.2 Å². The summed E-state index contributed by atoms with van der Waals surface area (Å²) in [5.41, 5.74) is 1.65. The molecule has 0 bridgehead atoms. The minimum Gasteiger partial charge on any atom is -0.392 e. The van der Waals surface area contributed by atoms with E-state index in [4.69, 9.17) is 16.7 Å². The number of hydrogen-bond donors (Lipinski definition) is 1. The van der Waals surface area contributed by atoms with Crippen molar-refractivity contribution in [3.05, 3.63) is 52.9 Å². The molecule has 0 radical (unpaired) electrons. The van der Waals surface area contributed by atoms with Gasteiger partial charge in [0.15, 0.2) is 0 Å². The quantitative estimate of drug-likeness (QED) is 0.919. The molecule has 18 heavy (non-hydrogen) atoms. The molecule has 94 valence electrons. The van der Waals surface area contributed by atoms with Gasteiger partial charge in [0.2, 0.25) is 0 Å². The van der Waals surface area contributed by atoms with E-state index in [2.05, 4.69) is 9.97 Å². The van der Waals surface area contributed by atoms with Crippen molar-refractivity contribution in [2.75, 3.05) is 11.9 Å². The Morgan fingerprint density at radius 1 is 1.33 bits per heavy atom. The Morgan fingerprint density at radius 3 is 2.78 bits per heavy atom. The van der Waals surface area contributed by atoms with E-state index in [0.717, 1.165) is 5.69 Å². The molecule has 1 N–H and O–H groups in total. The van der Waals surface area contributed by atoms with Gasteiger partial charge in [-0.15, -0.1) is 0 Å². The Hall–Kier alpha value is -1.65. The van der Waals surface area contributed by atoms with E-state index in [0.29, 0.717) is 22.9 Å². The van der Waals surface area contributed by atoms with Crippen molar-refractivity contribution >= 4 is 17.4 Å². The fraction of sp³-hybridized carbons (Fsp3) is 0.231. The third-order valence-corrected chi connectivity index (χ3v) is 2.83. The highest BCUT2D eigenvalue weighted by atomic mass is 35.5. The molecule has 0 saturated carbocycles. The second-order valence-corrected chi connectivity index (χ2v) is 4.39. The van der Waals surface area contributed by atoms with Crippen LogP contribution < -0.4 is 4.90 Å². The molecule has 0 fully saturated rings. The van der Waals surface area contributed by atoms with Crippen LogP contribution in [0.25, 0.3) is 0 Å². The molecule has 0 aliphatic carbocycles. The normalized spacial score (nSPS) is 10.4. The van der Waals surface area contributed by atoms with Crippen molar-refractivity contribution in [3.8, 4) is 0 Å². The summed E-state index contributed by atoms with van der Waals surface area (Å²) >= 11 is 6.13. The van der Waals surface area contributed by atoms with E-state index >= 15 is 0 Å². The molecule has 0 saturated heterocycles. The smallest absolute Gasteiger partial charge is 0.147 e. The lowest BCUT2D eigenvalue weighted by molar-refractivity contribution is 0.281. The predicted molar refractivity (Wildman–Crippen MR) is 71.5 cm³/mol. The van der Waals surface area contributed by atoms with Gasteiger partial charge in [-0.05, 0) is 23.8 Å². The highest BCUT2D eigenvalue weighted by Crippen LogP contribution is 2.24. The first-order valence-corrected chi connectivity index (χ1v) is 5.95. The van der Waals surface area contributed by atoms with E-state index in [1.807, 2.05) is 30.1 Å². The van der Waals surface area contributed by atoms with Gasteiger partial charge in [-0.1, -0.05) is 17.7 Å². The summed E-state index contributed by atoms with van der Waals surface area (Å²) in [5, 5.41) is 9.53. The molecule has 2 heterocycles. The Labute approximate surface area is 111 Å². The van der Waals surface area contributed by atoms with Gasteiger partial charge in [-0.3, -0.25) is 4.98 Å². The van der Waals surface area contributed by atoms with Crippen LogP contribution in [0.1, 0.15) is 11.3 Å². The van der Waals surface area contributed by atoms with Crippen molar-refractivity contribution in [1.82, 2.24) is 9.97 Å². The van der Waals surface area contributed by atoms with E-state index in [-0.39, 0.29) is 6.61 Å². The lowest BCUT2D eigenvalue weighted by Gasteiger charge is -2.19. The first-order chi connectivity index (χ1) is 8.70. The molecule has 0 aromatic carbocycles. The number of hydrogen-bond acceptors (Lipinski definition) is 4. The number of aliphatic hydroxyl groups excluding tert-OH is 1. The maximum atomic E-state index is 9.00. The summed E-state index contributed by atoms with van der Waals surface area (Å²) < 4.78 is 0. The summed E-state index contributed by atoms with van der Waals surface area (Å²) in [5.74, 6) is 0.680. The Balaban J connectivity index is 2.16. The molecular weight excluding hydrogens is 250 g/mol. The molecule has 0 aliphatic heterocycles. The average Bonchev–Trinajstić information content (AvgIpc) is 2.39. The topological polar surface area (TPSA) is 49.2 Å². The van der Waals surface area contributed by atoms with E-state index in [1.54, 1.807) is 18.5 Å². The predicted octanol–water partition coefficient (Wildman–Crippen LogP) is 2.26. The van der Waals surface area contributed by atoms with E-state index in [1.165, 1.54) is 0 Å². The summed E-state index contributed by atoms with van der Waals surface area (Å²) in [6.45, 7) is 0.572. The van der Waals surface area contributed by atoms with Gasteiger partial charge in [0.1, 0.15) is 5.82 Å². The molecule has 2 aromatic heterocycles. The van der Waals surface area contributed by atoms with Gasteiger partial charge >= 0.3 is 0 Å². The number of halogens is 1. The number of aliphatic hydroxyl groups is 1. The molecular formula is C13H14ClN3O. The lowest BCUT2D eigenvalue weighted by Crippen LogP contribution is -2.18. The fourth-order valence-electron chi connectivity index (χ4n) is 1.65. The molecule has 4 nitrogen and oxygen atoms in total. The van der Waals surface area contributed by atoms with Crippen LogP contribution in [-0.2, 0) is 13.2 Å². The van der Waals surface area contributed by atoms with Gasteiger partial charge in [0.05, 0.1) is 23.9 Å². The molecule has 0 atom stereocenters. The molecule has 0 spiro atoms. The summed E-state index contributed by atoms with van der Waals surface area (Å²) in [6, 6.07) is 7.50. The molecule has 0 unspecified atom stereocenters. The Morgan fingerprint density at radius 2 is 2.17 bits per heavy atom. The van der Waals surface area contributed by atoms with Crippen molar-refractivity contribution in [2.24, 2.45) is 0 Å². The Bertz CT molecular complexity index is 519. The van der Waals surface area contributed by atoms with Gasteiger partial charge in [0, 0.05) is 19.4 Å². The SMILES string of the molecule is CN(Cc1ccccn1)c1ncc(CO)cc1Cl. The average molecular weight is 264 g/mol. The largest absolute Gasteiger partial charge is 0.392 e. The molecule has 5 heteroatoms. The maximum absolute atomic E-state index is 9.00. The molecule has 0 aliphatic rings. The van der Waals surface area contributed by atoms with Crippen LogP contribution in [0.5, 0.6) is 0 Å².